The number of rotatable bonds is 6. The van der Waals surface area contributed by atoms with E-state index in [4.69, 9.17) is 9.47 Å². The molecule has 7 heteroatoms. The predicted molar refractivity (Wildman–Crippen MR) is 105 cm³/mol. The van der Waals surface area contributed by atoms with E-state index in [1.807, 2.05) is 30.3 Å². The van der Waals surface area contributed by atoms with Gasteiger partial charge in [0.25, 0.3) is 11.8 Å². The van der Waals surface area contributed by atoms with Crippen LogP contribution >= 0.6 is 11.8 Å². The van der Waals surface area contributed by atoms with Crippen LogP contribution in [0, 0.1) is 0 Å². The Kier molecular flexibility index (Phi) is 6.28. The first kappa shape index (κ1) is 19.2. The molecule has 0 saturated heterocycles. The highest BCUT2D eigenvalue weighted by molar-refractivity contribution is 8.04. The molecule has 0 aromatic heterocycles. The number of fused-ring (bicyclic) bond motifs is 1. The SMILES string of the molecule is COC(CNC(=O)c1ccc(C=C2Sc3ccccc3NC2=O)cc1)OC. The molecule has 0 bridgehead atoms. The van der Waals surface area contributed by atoms with Crippen molar-refractivity contribution in [3.05, 3.63) is 64.6 Å². The first-order valence-electron chi connectivity index (χ1n) is 8.34. The Morgan fingerprint density at radius 3 is 2.56 bits per heavy atom. The molecule has 0 atom stereocenters. The maximum atomic E-state index is 12.3. The Balaban J connectivity index is 1.68. The van der Waals surface area contributed by atoms with Gasteiger partial charge >= 0.3 is 0 Å². The van der Waals surface area contributed by atoms with Gasteiger partial charge in [0.05, 0.1) is 17.1 Å². The summed E-state index contributed by atoms with van der Waals surface area (Å²) < 4.78 is 10.1. The summed E-state index contributed by atoms with van der Waals surface area (Å²) in [5, 5.41) is 5.63. The summed E-state index contributed by atoms with van der Waals surface area (Å²) in [5.41, 5.74) is 2.19. The van der Waals surface area contributed by atoms with Crippen molar-refractivity contribution in [3.63, 3.8) is 0 Å². The number of carbonyl (C=O) groups excluding carboxylic acids is 2. The predicted octanol–water partition coefficient (Wildman–Crippen LogP) is 3.12. The molecule has 0 radical (unpaired) electrons. The van der Waals surface area contributed by atoms with E-state index in [0.29, 0.717) is 10.5 Å². The highest BCUT2D eigenvalue weighted by Crippen LogP contribution is 2.38. The average molecular weight is 384 g/mol. The molecule has 2 aromatic rings. The average Bonchev–Trinajstić information content (AvgIpc) is 2.69. The van der Waals surface area contributed by atoms with E-state index in [-0.39, 0.29) is 18.4 Å². The third kappa shape index (κ3) is 4.77. The Labute approximate surface area is 161 Å². The second-order valence-electron chi connectivity index (χ2n) is 5.79. The highest BCUT2D eigenvalue weighted by atomic mass is 32.2. The van der Waals surface area contributed by atoms with Gasteiger partial charge in [-0.1, -0.05) is 36.0 Å². The molecule has 1 aliphatic heterocycles. The molecule has 2 N–H and O–H groups in total. The summed E-state index contributed by atoms with van der Waals surface area (Å²) in [7, 11) is 3.03. The standard InChI is InChI=1S/C20H20N2O4S/c1-25-18(26-2)12-21-19(23)14-9-7-13(8-10-14)11-17-20(24)22-15-5-3-4-6-16(15)27-17/h3-11,18H,12H2,1-2H3,(H,21,23)(H,22,24). The normalized spacial score (nSPS) is 14.8. The fourth-order valence-electron chi connectivity index (χ4n) is 2.53. The van der Waals surface area contributed by atoms with Gasteiger partial charge in [-0.15, -0.1) is 0 Å². The minimum atomic E-state index is -0.484. The number of anilines is 1. The third-order valence-corrected chi connectivity index (χ3v) is 5.10. The molecule has 140 valence electrons. The van der Waals surface area contributed by atoms with E-state index in [9.17, 15) is 9.59 Å². The number of nitrogens with one attached hydrogen (secondary N) is 2. The van der Waals surface area contributed by atoms with E-state index < -0.39 is 6.29 Å². The summed E-state index contributed by atoms with van der Waals surface area (Å²) in [6.07, 6.45) is 1.33. The molecule has 2 amide bonds. The van der Waals surface area contributed by atoms with Crippen LogP contribution in [-0.4, -0.2) is 38.9 Å². The van der Waals surface area contributed by atoms with Crippen molar-refractivity contribution >= 4 is 35.3 Å². The molecule has 1 heterocycles. The van der Waals surface area contributed by atoms with Crippen LogP contribution in [0.1, 0.15) is 15.9 Å². The molecular formula is C20H20N2O4S. The Hall–Kier alpha value is -2.61. The number of carbonyl (C=O) groups is 2. The van der Waals surface area contributed by atoms with Crippen LogP contribution in [0.5, 0.6) is 0 Å². The van der Waals surface area contributed by atoms with E-state index in [1.165, 1.54) is 26.0 Å². The smallest absolute Gasteiger partial charge is 0.262 e. The van der Waals surface area contributed by atoms with Crippen molar-refractivity contribution in [1.82, 2.24) is 5.32 Å². The molecule has 0 saturated carbocycles. The largest absolute Gasteiger partial charge is 0.354 e. The molecule has 0 aliphatic carbocycles. The quantitative estimate of drug-likeness (QED) is 0.591. The Morgan fingerprint density at radius 2 is 1.85 bits per heavy atom. The molecule has 3 rings (SSSR count). The van der Waals surface area contributed by atoms with Crippen molar-refractivity contribution in [3.8, 4) is 0 Å². The monoisotopic (exact) mass is 384 g/mol. The van der Waals surface area contributed by atoms with Crippen LogP contribution < -0.4 is 10.6 Å². The van der Waals surface area contributed by atoms with Crippen molar-refractivity contribution in [2.45, 2.75) is 11.2 Å². The van der Waals surface area contributed by atoms with E-state index in [1.54, 1.807) is 24.3 Å². The van der Waals surface area contributed by atoms with Gasteiger partial charge in [-0.2, -0.15) is 0 Å². The van der Waals surface area contributed by atoms with E-state index in [0.717, 1.165) is 16.1 Å². The Morgan fingerprint density at radius 1 is 1.15 bits per heavy atom. The number of benzene rings is 2. The zero-order valence-corrected chi connectivity index (χ0v) is 15.8. The number of thioether (sulfide) groups is 1. The van der Waals surface area contributed by atoms with E-state index in [2.05, 4.69) is 10.6 Å². The van der Waals surface area contributed by atoms with Gasteiger partial charge in [0.2, 0.25) is 0 Å². The number of ether oxygens (including phenoxy) is 2. The zero-order chi connectivity index (χ0) is 19.2. The van der Waals surface area contributed by atoms with Crippen molar-refractivity contribution in [2.75, 3.05) is 26.1 Å². The van der Waals surface area contributed by atoms with Gasteiger partial charge < -0.3 is 20.1 Å². The summed E-state index contributed by atoms with van der Waals surface area (Å²) in [6, 6.07) is 14.7. The summed E-state index contributed by atoms with van der Waals surface area (Å²) >= 11 is 1.43. The lowest BCUT2D eigenvalue weighted by atomic mass is 10.1. The van der Waals surface area contributed by atoms with Crippen molar-refractivity contribution in [1.29, 1.82) is 0 Å². The lowest BCUT2D eigenvalue weighted by molar-refractivity contribution is -0.112. The number of hydrogen-bond donors (Lipinski definition) is 2. The third-order valence-electron chi connectivity index (χ3n) is 4.00. The number of methoxy groups -OCH3 is 2. The van der Waals surface area contributed by atoms with E-state index >= 15 is 0 Å². The van der Waals surface area contributed by atoms with Gasteiger partial charge in [0.15, 0.2) is 6.29 Å². The minimum absolute atomic E-state index is 0.134. The number of amides is 2. The van der Waals surface area contributed by atoms with Crippen LogP contribution in [0.4, 0.5) is 5.69 Å². The van der Waals surface area contributed by atoms with Crippen LogP contribution in [0.2, 0.25) is 0 Å². The fourth-order valence-corrected chi connectivity index (χ4v) is 3.48. The van der Waals surface area contributed by atoms with Crippen LogP contribution in [0.3, 0.4) is 0 Å². The first-order valence-corrected chi connectivity index (χ1v) is 9.16. The van der Waals surface area contributed by atoms with Gasteiger partial charge in [0, 0.05) is 24.7 Å². The molecular weight excluding hydrogens is 364 g/mol. The first-order chi connectivity index (χ1) is 13.1. The zero-order valence-electron chi connectivity index (χ0n) is 15.0. The van der Waals surface area contributed by atoms with Crippen molar-refractivity contribution in [2.24, 2.45) is 0 Å². The second kappa shape index (κ2) is 8.85. The number of hydrogen-bond acceptors (Lipinski definition) is 5. The highest BCUT2D eigenvalue weighted by Gasteiger charge is 2.20. The van der Waals surface area contributed by atoms with Crippen LogP contribution in [0.25, 0.3) is 6.08 Å². The summed E-state index contributed by atoms with van der Waals surface area (Å²) in [4.78, 5) is 26.0. The molecule has 2 aromatic carbocycles. The maximum absolute atomic E-state index is 12.3. The molecule has 0 unspecified atom stereocenters. The van der Waals surface area contributed by atoms with Gasteiger partial charge in [-0.3, -0.25) is 9.59 Å². The lowest BCUT2D eigenvalue weighted by Gasteiger charge is -2.18. The Bertz CT molecular complexity index is 861. The molecule has 6 nitrogen and oxygen atoms in total. The lowest BCUT2D eigenvalue weighted by Crippen LogP contribution is -2.34. The molecule has 0 fully saturated rings. The summed E-state index contributed by atoms with van der Waals surface area (Å²) in [5.74, 6) is -0.349. The molecule has 27 heavy (non-hydrogen) atoms. The van der Waals surface area contributed by atoms with Gasteiger partial charge in [0.1, 0.15) is 0 Å². The van der Waals surface area contributed by atoms with Crippen LogP contribution in [-0.2, 0) is 14.3 Å². The minimum Gasteiger partial charge on any atom is -0.354 e. The number of para-hydroxylation sites is 1. The topological polar surface area (TPSA) is 76.7 Å². The van der Waals surface area contributed by atoms with Gasteiger partial charge in [-0.05, 0) is 35.9 Å². The van der Waals surface area contributed by atoms with Crippen molar-refractivity contribution < 1.29 is 19.1 Å². The fraction of sp³-hybridized carbons (Fsp3) is 0.200. The van der Waals surface area contributed by atoms with Crippen LogP contribution in [0.15, 0.2) is 58.3 Å². The summed E-state index contributed by atoms with van der Waals surface area (Å²) in [6.45, 7) is 0.258. The molecule has 0 spiro atoms. The molecule has 1 aliphatic rings. The maximum Gasteiger partial charge on any atom is 0.262 e. The van der Waals surface area contributed by atoms with Gasteiger partial charge in [-0.25, -0.2) is 0 Å². The second-order valence-corrected chi connectivity index (χ2v) is 6.88.